The van der Waals surface area contributed by atoms with Crippen LogP contribution in [0.4, 0.5) is 0 Å². The van der Waals surface area contributed by atoms with E-state index in [2.05, 4.69) is 41.9 Å². The molecule has 1 atom stereocenters. The number of aryl methyl sites for hydroxylation is 1. The molecule has 0 aromatic heterocycles. The van der Waals surface area contributed by atoms with Gasteiger partial charge in [0, 0.05) is 16.6 Å². The van der Waals surface area contributed by atoms with Crippen LogP contribution in [-0.2, 0) is 9.53 Å². The van der Waals surface area contributed by atoms with Crippen molar-refractivity contribution in [2.24, 2.45) is 0 Å². The highest BCUT2D eigenvalue weighted by molar-refractivity contribution is 9.10. The van der Waals surface area contributed by atoms with Crippen LogP contribution in [0.15, 0.2) is 22.7 Å². The molecule has 4 nitrogen and oxygen atoms in total. The number of amides is 1. The normalized spacial score (nSPS) is 11.8. The van der Waals surface area contributed by atoms with E-state index in [1.54, 1.807) is 12.1 Å². The van der Waals surface area contributed by atoms with Crippen molar-refractivity contribution in [2.45, 2.75) is 11.8 Å². The molecule has 1 aromatic carbocycles. The quantitative estimate of drug-likeness (QED) is 0.646. The number of rotatable bonds is 4. The molecule has 0 aliphatic rings. The van der Waals surface area contributed by atoms with Crippen LogP contribution in [0.3, 0.4) is 0 Å². The van der Waals surface area contributed by atoms with Crippen molar-refractivity contribution >= 4 is 43.7 Å². The molecular formula is C12H13Br2NO3. The second-order valence-electron chi connectivity index (χ2n) is 3.66. The van der Waals surface area contributed by atoms with Gasteiger partial charge >= 0.3 is 5.97 Å². The van der Waals surface area contributed by atoms with Crippen LogP contribution in [0.1, 0.15) is 15.9 Å². The number of alkyl halides is 1. The van der Waals surface area contributed by atoms with Crippen molar-refractivity contribution in [1.29, 1.82) is 0 Å². The molecule has 0 saturated heterocycles. The number of benzene rings is 1. The standard InChI is InChI=1S/C12H13Br2NO3/c1-7-5-8(3-4-9(7)13)11(16)15-6-10(14)12(17)18-2/h3-5,10H,6H2,1-2H3,(H,15,16). The first kappa shape index (κ1) is 15.2. The lowest BCUT2D eigenvalue weighted by molar-refractivity contribution is -0.139. The SMILES string of the molecule is COC(=O)C(Br)CNC(=O)c1ccc(Br)c(C)c1. The third-order valence-corrected chi connectivity index (χ3v) is 3.91. The van der Waals surface area contributed by atoms with Crippen LogP contribution in [0, 0.1) is 6.92 Å². The van der Waals surface area contributed by atoms with Gasteiger partial charge in [0.05, 0.1) is 7.11 Å². The Morgan fingerprint density at radius 1 is 1.44 bits per heavy atom. The summed E-state index contributed by atoms with van der Waals surface area (Å²) in [7, 11) is 1.30. The molecule has 1 unspecified atom stereocenters. The number of hydrogen-bond donors (Lipinski definition) is 1. The fourth-order valence-corrected chi connectivity index (χ4v) is 1.88. The number of ether oxygens (including phenoxy) is 1. The van der Waals surface area contributed by atoms with Gasteiger partial charge in [-0.3, -0.25) is 9.59 Å². The summed E-state index contributed by atoms with van der Waals surface area (Å²) in [4.78, 5) is 22.4. The minimum Gasteiger partial charge on any atom is -0.468 e. The Hall–Kier alpha value is -0.880. The largest absolute Gasteiger partial charge is 0.468 e. The van der Waals surface area contributed by atoms with E-state index in [1.165, 1.54) is 7.11 Å². The van der Waals surface area contributed by atoms with Crippen molar-refractivity contribution in [1.82, 2.24) is 5.32 Å². The number of nitrogens with one attached hydrogen (secondary N) is 1. The van der Waals surface area contributed by atoms with Gasteiger partial charge in [0.15, 0.2) is 0 Å². The van der Waals surface area contributed by atoms with Gasteiger partial charge in [0.2, 0.25) is 0 Å². The lowest BCUT2D eigenvalue weighted by Crippen LogP contribution is -2.33. The van der Waals surface area contributed by atoms with E-state index in [-0.39, 0.29) is 12.5 Å². The van der Waals surface area contributed by atoms with Gasteiger partial charge in [-0.05, 0) is 30.7 Å². The number of halogens is 2. The number of carbonyl (C=O) groups excluding carboxylic acids is 2. The molecule has 6 heteroatoms. The van der Waals surface area contributed by atoms with E-state index < -0.39 is 10.8 Å². The maximum absolute atomic E-state index is 11.8. The summed E-state index contributed by atoms with van der Waals surface area (Å²) >= 11 is 6.50. The molecule has 1 rings (SSSR count). The molecule has 0 aliphatic carbocycles. The molecule has 1 amide bonds. The molecule has 0 radical (unpaired) electrons. The van der Waals surface area contributed by atoms with Crippen molar-refractivity contribution in [3.63, 3.8) is 0 Å². The fourth-order valence-electron chi connectivity index (χ4n) is 1.28. The molecule has 1 aromatic rings. The Bertz CT molecular complexity index is 463. The van der Waals surface area contributed by atoms with Crippen molar-refractivity contribution in [3.8, 4) is 0 Å². The minimum atomic E-state index is -0.539. The summed E-state index contributed by atoms with van der Waals surface area (Å²) in [6.07, 6.45) is 0. The Morgan fingerprint density at radius 3 is 2.67 bits per heavy atom. The number of carbonyl (C=O) groups is 2. The van der Waals surface area contributed by atoms with Gasteiger partial charge < -0.3 is 10.1 Å². The molecule has 98 valence electrons. The van der Waals surface area contributed by atoms with Gasteiger partial charge in [-0.1, -0.05) is 31.9 Å². The number of esters is 1. The average molecular weight is 379 g/mol. The van der Waals surface area contributed by atoms with E-state index in [4.69, 9.17) is 0 Å². The maximum atomic E-state index is 11.8. The molecule has 1 N–H and O–H groups in total. The van der Waals surface area contributed by atoms with Crippen LogP contribution in [0.25, 0.3) is 0 Å². The number of methoxy groups -OCH3 is 1. The lowest BCUT2D eigenvalue weighted by atomic mass is 10.1. The molecule has 0 bridgehead atoms. The van der Waals surface area contributed by atoms with Gasteiger partial charge in [-0.15, -0.1) is 0 Å². The van der Waals surface area contributed by atoms with Gasteiger partial charge in [-0.2, -0.15) is 0 Å². The van der Waals surface area contributed by atoms with E-state index in [0.717, 1.165) is 10.0 Å². The molecule has 0 heterocycles. The number of hydrogen-bond acceptors (Lipinski definition) is 3. The molecular weight excluding hydrogens is 366 g/mol. The first-order chi connectivity index (χ1) is 8.45. The molecule has 0 saturated carbocycles. The molecule has 0 fully saturated rings. The topological polar surface area (TPSA) is 55.4 Å². The third kappa shape index (κ3) is 4.10. The fraction of sp³-hybridized carbons (Fsp3) is 0.333. The van der Waals surface area contributed by atoms with Crippen LogP contribution in [0.5, 0.6) is 0 Å². The van der Waals surface area contributed by atoms with Crippen molar-refractivity contribution < 1.29 is 14.3 Å². The predicted octanol–water partition coefficient (Wildman–Crippen LogP) is 2.42. The first-order valence-electron chi connectivity index (χ1n) is 5.22. The summed E-state index contributed by atoms with van der Waals surface area (Å²) in [6.45, 7) is 2.09. The monoisotopic (exact) mass is 377 g/mol. The smallest absolute Gasteiger partial charge is 0.321 e. The molecule has 0 spiro atoms. The van der Waals surface area contributed by atoms with E-state index >= 15 is 0 Å². The van der Waals surface area contributed by atoms with Gasteiger partial charge in [-0.25, -0.2) is 0 Å². The Kier molecular flexibility index (Phi) is 5.81. The molecule has 0 aliphatic heterocycles. The molecule has 18 heavy (non-hydrogen) atoms. The zero-order valence-corrected chi connectivity index (χ0v) is 13.2. The Balaban J connectivity index is 2.60. The highest BCUT2D eigenvalue weighted by Crippen LogP contribution is 2.17. The summed E-state index contributed by atoms with van der Waals surface area (Å²) in [6, 6.07) is 5.31. The highest BCUT2D eigenvalue weighted by atomic mass is 79.9. The lowest BCUT2D eigenvalue weighted by Gasteiger charge is -2.10. The predicted molar refractivity (Wildman–Crippen MR) is 75.9 cm³/mol. The highest BCUT2D eigenvalue weighted by Gasteiger charge is 2.16. The maximum Gasteiger partial charge on any atom is 0.321 e. The van der Waals surface area contributed by atoms with Gasteiger partial charge in [0.1, 0.15) is 4.83 Å². The minimum absolute atomic E-state index is 0.181. The summed E-state index contributed by atoms with van der Waals surface area (Å²) in [5, 5.41) is 2.66. The van der Waals surface area contributed by atoms with Crippen LogP contribution < -0.4 is 5.32 Å². The Labute approximate surface area is 122 Å². The van der Waals surface area contributed by atoms with Crippen LogP contribution in [0.2, 0.25) is 0 Å². The summed E-state index contributed by atoms with van der Waals surface area (Å²) < 4.78 is 5.49. The zero-order chi connectivity index (χ0) is 13.7. The van der Waals surface area contributed by atoms with E-state index in [9.17, 15) is 9.59 Å². The summed E-state index contributed by atoms with van der Waals surface area (Å²) in [5.74, 6) is -0.638. The zero-order valence-electron chi connectivity index (χ0n) is 10.00. The first-order valence-corrected chi connectivity index (χ1v) is 6.93. The average Bonchev–Trinajstić information content (AvgIpc) is 2.37. The van der Waals surface area contributed by atoms with E-state index in [1.807, 2.05) is 13.0 Å². The third-order valence-electron chi connectivity index (χ3n) is 2.32. The second-order valence-corrected chi connectivity index (χ2v) is 5.62. The van der Waals surface area contributed by atoms with Crippen molar-refractivity contribution in [2.75, 3.05) is 13.7 Å². The Morgan fingerprint density at radius 2 is 2.11 bits per heavy atom. The second kappa shape index (κ2) is 6.89. The van der Waals surface area contributed by atoms with Crippen LogP contribution >= 0.6 is 31.9 Å². The van der Waals surface area contributed by atoms with E-state index in [0.29, 0.717) is 5.56 Å². The summed E-state index contributed by atoms with van der Waals surface area (Å²) in [5.41, 5.74) is 1.53. The van der Waals surface area contributed by atoms with Gasteiger partial charge in [0.25, 0.3) is 5.91 Å². The van der Waals surface area contributed by atoms with Crippen LogP contribution in [-0.4, -0.2) is 30.4 Å². The van der Waals surface area contributed by atoms with Crippen molar-refractivity contribution in [3.05, 3.63) is 33.8 Å².